The van der Waals surface area contributed by atoms with Gasteiger partial charge < -0.3 is 14.9 Å². The lowest BCUT2D eigenvalue weighted by molar-refractivity contribution is -0.295. The standard InChI is InChI=1S/C25H32O7Si/c1-24(2,3)33(4,5)32-31-22(14-26)25(29,16-27)23(28)30-15-21-19-12-8-6-10-17(19)18-11-7-9-13-20(18)21/h6-13,16,21-22,26,29H,14-15H2,1-5H3/t22-,25+/m1/s1. The van der Waals surface area contributed by atoms with E-state index in [-0.39, 0.29) is 23.8 Å². The second kappa shape index (κ2) is 9.48. The third kappa shape index (κ3) is 4.81. The molecule has 0 fully saturated rings. The summed E-state index contributed by atoms with van der Waals surface area (Å²) in [6, 6.07) is 15.7. The summed E-state index contributed by atoms with van der Waals surface area (Å²) in [6.45, 7) is 8.84. The quantitative estimate of drug-likeness (QED) is 0.144. The number of aldehydes is 1. The van der Waals surface area contributed by atoms with Gasteiger partial charge in [0.25, 0.3) is 0 Å². The van der Waals surface area contributed by atoms with E-state index in [2.05, 4.69) is 0 Å². The van der Waals surface area contributed by atoms with Crippen LogP contribution < -0.4 is 0 Å². The molecule has 178 valence electrons. The number of rotatable bonds is 9. The van der Waals surface area contributed by atoms with E-state index in [0.29, 0.717) is 0 Å². The van der Waals surface area contributed by atoms with Crippen LogP contribution in [0.2, 0.25) is 18.1 Å². The minimum absolute atomic E-state index is 0.0295. The minimum atomic E-state index is -2.71. The van der Waals surface area contributed by atoms with Gasteiger partial charge in [-0.2, -0.15) is 0 Å². The lowest BCUT2D eigenvalue weighted by Crippen LogP contribution is -2.56. The highest BCUT2D eigenvalue weighted by atomic mass is 28.4. The molecule has 0 aliphatic heterocycles. The number of aliphatic hydroxyl groups is 2. The topological polar surface area (TPSA) is 102 Å². The molecule has 2 aromatic rings. The van der Waals surface area contributed by atoms with Crippen LogP contribution in [0.4, 0.5) is 0 Å². The second-order valence-electron chi connectivity index (χ2n) is 9.88. The molecule has 3 rings (SSSR count). The molecular formula is C25H32O7Si. The normalized spacial score (nSPS) is 16.5. The Bertz CT molecular complexity index is 968. The van der Waals surface area contributed by atoms with Crippen molar-refractivity contribution >= 4 is 20.6 Å². The number of carbonyl (C=O) groups excluding carboxylic acids is 2. The van der Waals surface area contributed by atoms with Gasteiger partial charge in [-0.3, -0.25) is 9.37 Å². The third-order valence-corrected chi connectivity index (χ3v) is 10.8. The monoisotopic (exact) mass is 472 g/mol. The Morgan fingerprint density at radius 3 is 2.03 bits per heavy atom. The van der Waals surface area contributed by atoms with Crippen LogP contribution in [0.15, 0.2) is 48.5 Å². The molecule has 33 heavy (non-hydrogen) atoms. The number of hydrogen-bond donors (Lipinski definition) is 2. The van der Waals surface area contributed by atoms with Crippen LogP contribution in [-0.4, -0.2) is 55.7 Å². The van der Waals surface area contributed by atoms with Crippen molar-refractivity contribution in [3.05, 3.63) is 59.7 Å². The molecule has 0 bridgehead atoms. The first-order chi connectivity index (χ1) is 15.5. The Labute approximate surface area is 195 Å². The lowest BCUT2D eigenvalue weighted by atomic mass is 9.97. The first kappa shape index (κ1) is 25.3. The first-order valence-electron chi connectivity index (χ1n) is 11.0. The van der Waals surface area contributed by atoms with E-state index in [1.807, 2.05) is 82.4 Å². The number of fused-ring (bicyclic) bond motifs is 3. The predicted octanol–water partition coefficient (Wildman–Crippen LogP) is 3.59. The van der Waals surface area contributed by atoms with Gasteiger partial charge in [-0.1, -0.05) is 69.3 Å². The van der Waals surface area contributed by atoms with Crippen LogP contribution >= 0.6 is 0 Å². The van der Waals surface area contributed by atoms with Crippen LogP contribution in [0, 0.1) is 0 Å². The zero-order valence-corrected chi connectivity index (χ0v) is 20.7. The number of ether oxygens (including phenoxy) is 1. The Kier molecular flexibility index (Phi) is 7.26. The molecule has 8 heteroatoms. The summed E-state index contributed by atoms with van der Waals surface area (Å²) in [7, 11) is -2.44. The Morgan fingerprint density at radius 2 is 1.58 bits per heavy atom. The highest BCUT2D eigenvalue weighted by Gasteiger charge is 2.49. The maximum Gasteiger partial charge on any atom is 0.348 e. The van der Waals surface area contributed by atoms with E-state index in [0.717, 1.165) is 22.3 Å². The summed E-state index contributed by atoms with van der Waals surface area (Å²) in [5.74, 6) is -1.44. The maximum absolute atomic E-state index is 12.9. The van der Waals surface area contributed by atoms with E-state index >= 15 is 0 Å². The summed E-state index contributed by atoms with van der Waals surface area (Å²) in [5.41, 5.74) is 1.39. The van der Waals surface area contributed by atoms with Gasteiger partial charge in [0.15, 0.2) is 12.4 Å². The molecule has 7 nitrogen and oxygen atoms in total. The Morgan fingerprint density at radius 1 is 1.06 bits per heavy atom. The van der Waals surface area contributed by atoms with Crippen LogP contribution in [0.25, 0.3) is 11.1 Å². The summed E-state index contributed by atoms with van der Waals surface area (Å²) in [4.78, 5) is 29.9. The molecule has 0 saturated heterocycles. The molecule has 1 aliphatic carbocycles. The summed E-state index contributed by atoms with van der Waals surface area (Å²) in [5, 5.41) is 20.4. The van der Waals surface area contributed by atoms with Crippen molar-refractivity contribution in [2.75, 3.05) is 13.2 Å². The lowest BCUT2D eigenvalue weighted by Gasteiger charge is -2.37. The fraction of sp³-hybridized carbons (Fsp3) is 0.440. The maximum atomic E-state index is 12.9. The average Bonchev–Trinajstić information content (AvgIpc) is 3.10. The molecule has 0 radical (unpaired) electrons. The van der Waals surface area contributed by atoms with E-state index in [4.69, 9.17) is 14.2 Å². The van der Waals surface area contributed by atoms with Crippen LogP contribution in [0.1, 0.15) is 37.8 Å². The van der Waals surface area contributed by atoms with Crippen LogP contribution in [0.3, 0.4) is 0 Å². The molecule has 0 saturated carbocycles. The van der Waals surface area contributed by atoms with Crippen molar-refractivity contribution in [2.45, 2.75) is 56.5 Å². The fourth-order valence-corrected chi connectivity index (χ4v) is 4.12. The van der Waals surface area contributed by atoms with Crippen molar-refractivity contribution in [3.63, 3.8) is 0 Å². The van der Waals surface area contributed by atoms with E-state index in [1.165, 1.54) is 0 Å². The predicted molar refractivity (Wildman–Crippen MR) is 126 cm³/mol. The third-order valence-electron chi connectivity index (χ3n) is 6.69. The average molecular weight is 473 g/mol. The van der Waals surface area contributed by atoms with Crippen molar-refractivity contribution < 1.29 is 34.0 Å². The highest BCUT2D eigenvalue weighted by Crippen LogP contribution is 2.44. The molecule has 0 unspecified atom stereocenters. The Balaban J connectivity index is 1.76. The van der Waals surface area contributed by atoms with Gasteiger partial charge >= 0.3 is 5.97 Å². The molecular weight excluding hydrogens is 440 g/mol. The molecule has 0 spiro atoms. The van der Waals surface area contributed by atoms with E-state index in [1.54, 1.807) is 0 Å². The van der Waals surface area contributed by atoms with Crippen molar-refractivity contribution in [1.29, 1.82) is 0 Å². The zero-order chi connectivity index (χ0) is 24.4. The molecule has 0 aromatic heterocycles. The SMILES string of the molecule is CC(C)(C)[Si](C)(C)OO[C@H](CO)[C@@](O)(C=O)C(=O)OCC1c2ccccc2-c2ccccc21. The minimum Gasteiger partial charge on any atom is -0.462 e. The number of esters is 1. The molecule has 0 heterocycles. The molecule has 0 amide bonds. The van der Waals surface area contributed by atoms with Crippen LogP contribution in [0.5, 0.6) is 0 Å². The van der Waals surface area contributed by atoms with Gasteiger partial charge in [-0.15, -0.1) is 0 Å². The molecule has 1 aliphatic rings. The molecule has 2 atom stereocenters. The van der Waals surface area contributed by atoms with E-state index < -0.39 is 32.6 Å². The highest BCUT2D eigenvalue weighted by molar-refractivity contribution is 6.73. The van der Waals surface area contributed by atoms with Gasteiger partial charge in [-0.05, 0) is 40.4 Å². The number of benzene rings is 2. The Hall–Kier alpha value is -2.36. The van der Waals surface area contributed by atoms with E-state index in [9.17, 15) is 19.8 Å². The van der Waals surface area contributed by atoms with Gasteiger partial charge in [-0.25, -0.2) is 9.68 Å². The first-order valence-corrected chi connectivity index (χ1v) is 13.9. The number of hydrogen-bond acceptors (Lipinski definition) is 7. The molecule has 2 aromatic carbocycles. The number of aliphatic hydroxyl groups excluding tert-OH is 1. The van der Waals surface area contributed by atoms with Crippen molar-refractivity contribution in [1.82, 2.24) is 0 Å². The van der Waals surface area contributed by atoms with Gasteiger partial charge in [0, 0.05) is 5.92 Å². The zero-order valence-electron chi connectivity index (χ0n) is 19.7. The van der Waals surface area contributed by atoms with Crippen LogP contribution in [-0.2, 0) is 23.8 Å². The summed E-state index contributed by atoms with van der Waals surface area (Å²) < 4.78 is 11.0. The summed E-state index contributed by atoms with van der Waals surface area (Å²) in [6.07, 6.45) is -1.60. The number of carbonyl (C=O) groups is 2. The second-order valence-corrected chi connectivity index (χ2v) is 14.6. The molecule has 2 N–H and O–H groups in total. The summed E-state index contributed by atoms with van der Waals surface area (Å²) >= 11 is 0. The van der Waals surface area contributed by atoms with Gasteiger partial charge in [0.1, 0.15) is 6.61 Å². The smallest absolute Gasteiger partial charge is 0.348 e. The van der Waals surface area contributed by atoms with Gasteiger partial charge in [0.2, 0.25) is 13.9 Å². The van der Waals surface area contributed by atoms with Crippen molar-refractivity contribution in [3.8, 4) is 11.1 Å². The fourth-order valence-electron chi connectivity index (χ4n) is 3.52. The van der Waals surface area contributed by atoms with Gasteiger partial charge in [0.05, 0.1) is 6.61 Å². The van der Waals surface area contributed by atoms with Crippen molar-refractivity contribution in [2.24, 2.45) is 0 Å². The largest absolute Gasteiger partial charge is 0.462 e.